The lowest BCUT2D eigenvalue weighted by Gasteiger charge is -2.32. The number of aldehydes is 1. The summed E-state index contributed by atoms with van der Waals surface area (Å²) in [6.07, 6.45) is 3.78. The van der Waals surface area contributed by atoms with Crippen molar-refractivity contribution in [3.63, 3.8) is 0 Å². The molecule has 204 valence electrons. The highest BCUT2D eigenvalue weighted by Gasteiger charge is 2.34. The second kappa shape index (κ2) is 12.0. The zero-order valence-corrected chi connectivity index (χ0v) is 23.5. The van der Waals surface area contributed by atoms with E-state index < -0.39 is 6.04 Å². The molecule has 3 aromatic rings. The topological polar surface area (TPSA) is 78.9 Å². The summed E-state index contributed by atoms with van der Waals surface area (Å²) in [6, 6.07) is 19.9. The summed E-state index contributed by atoms with van der Waals surface area (Å²) < 4.78 is 5.98. The second-order valence-corrected chi connectivity index (χ2v) is 11.4. The van der Waals surface area contributed by atoms with E-state index in [-0.39, 0.29) is 23.0 Å². The molecule has 0 radical (unpaired) electrons. The van der Waals surface area contributed by atoms with Crippen LogP contribution >= 0.6 is 11.6 Å². The first kappa shape index (κ1) is 28.2. The van der Waals surface area contributed by atoms with Crippen LogP contribution in [0.5, 0.6) is 11.5 Å². The molecular formula is C32H35ClN2O4. The van der Waals surface area contributed by atoms with Crippen LogP contribution < -0.4 is 15.0 Å². The van der Waals surface area contributed by atoms with Crippen LogP contribution in [-0.4, -0.2) is 17.3 Å². The molecule has 0 spiro atoms. The number of phenols is 1. The molecule has 0 saturated heterocycles. The molecule has 7 heteroatoms. The first-order valence-electron chi connectivity index (χ1n) is 13.1. The van der Waals surface area contributed by atoms with E-state index in [9.17, 15) is 14.7 Å². The molecule has 1 amide bonds. The molecule has 0 aromatic heterocycles. The van der Waals surface area contributed by atoms with Crippen molar-refractivity contribution in [3.8, 4) is 11.5 Å². The number of anilines is 2. The summed E-state index contributed by atoms with van der Waals surface area (Å²) in [5.74, 6) is 0.232. The van der Waals surface area contributed by atoms with E-state index in [1.165, 1.54) is 0 Å². The lowest BCUT2D eigenvalue weighted by atomic mass is 9.84. The molecule has 0 unspecified atom stereocenters. The maximum atomic E-state index is 13.7. The molecule has 1 atom stereocenters. The van der Waals surface area contributed by atoms with Crippen molar-refractivity contribution in [2.75, 3.05) is 10.2 Å². The van der Waals surface area contributed by atoms with E-state index in [0.717, 1.165) is 23.1 Å². The SMILES string of the molecule is CC(C)C(=O)N1c2cccc(O)c2NC(CC(C)(C)CC=O)=C[C@@H]1c1ccc(OCc2ccccc2)cc1Cl. The quantitative estimate of drug-likeness (QED) is 0.213. The summed E-state index contributed by atoms with van der Waals surface area (Å²) in [4.78, 5) is 26.7. The molecule has 0 saturated carbocycles. The summed E-state index contributed by atoms with van der Waals surface area (Å²) in [6.45, 7) is 8.13. The fourth-order valence-corrected chi connectivity index (χ4v) is 5.01. The van der Waals surface area contributed by atoms with Gasteiger partial charge in [0.2, 0.25) is 5.91 Å². The third-order valence-electron chi connectivity index (χ3n) is 6.78. The molecule has 0 bridgehead atoms. The van der Waals surface area contributed by atoms with Crippen molar-refractivity contribution in [2.45, 2.75) is 53.2 Å². The number of ether oxygens (including phenoxy) is 1. The van der Waals surface area contributed by atoms with Gasteiger partial charge in [-0.1, -0.05) is 81.8 Å². The van der Waals surface area contributed by atoms with Crippen LogP contribution in [0.3, 0.4) is 0 Å². The Labute approximate surface area is 235 Å². The van der Waals surface area contributed by atoms with Gasteiger partial charge in [0.1, 0.15) is 30.1 Å². The summed E-state index contributed by atoms with van der Waals surface area (Å²) in [5.41, 5.74) is 3.21. The van der Waals surface area contributed by atoms with Crippen LogP contribution in [-0.2, 0) is 16.2 Å². The van der Waals surface area contributed by atoms with Crippen molar-refractivity contribution >= 4 is 35.2 Å². The Morgan fingerprint density at radius 2 is 1.87 bits per heavy atom. The second-order valence-electron chi connectivity index (χ2n) is 11.0. The van der Waals surface area contributed by atoms with Crippen molar-refractivity contribution in [1.82, 2.24) is 0 Å². The van der Waals surface area contributed by atoms with Gasteiger partial charge in [0.15, 0.2) is 0 Å². The first-order valence-corrected chi connectivity index (χ1v) is 13.5. The predicted octanol–water partition coefficient (Wildman–Crippen LogP) is 7.67. The number of nitrogens with zero attached hydrogens (tertiary/aromatic N) is 1. The van der Waals surface area contributed by atoms with Gasteiger partial charge >= 0.3 is 0 Å². The van der Waals surface area contributed by atoms with Gasteiger partial charge in [-0.25, -0.2) is 0 Å². The van der Waals surface area contributed by atoms with E-state index in [1.54, 1.807) is 23.1 Å². The highest BCUT2D eigenvalue weighted by Crippen LogP contribution is 2.46. The van der Waals surface area contributed by atoms with Crippen molar-refractivity contribution in [2.24, 2.45) is 11.3 Å². The molecule has 1 aliphatic heterocycles. The van der Waals surface area contributed by atoms with Crippen molar-refractivity contribution in [1.29, 1.82) is 0 Å². The van der Waals surface area contributed by atoms with E-state index >= 15 is 0 Å². The molecule has 6 nitrogen and oxygen atoms in total. The van der Waals surface area contributed by atoms with Crippen molar-refractivity contribution < 1.29 is 19.4 Å². The smallest absolute Gasteiger partial charge is 0.230 e. The average molecular weight is 547 g/mol. The van der Waals surface area contributed by atoms with E-state index in [2.05, 4.69) is 5.32 Å². The van der Waals surface area contributed by atoms with Gasteiger partial charge in [-0.3, -0.25) is 9.69 Å². The number of fused-ring (bicyclic) bond motifs is 1. The van der Waals surface area contributed by atoms with Gasteiger partial charge < -0.3 is 20.0 Å². The van der Waals surface area contributed by atoms with Gasteiger partial charge in [0.05, 0.1) is 11.7 Å². The predicted molar refractivity (Wildman–Crippen MR) is 156 cm³/mol. The minimum Gasteiger partial charge on any atom is -0.506 e. The first-order chi connectivity index (χ1) is 18.6. The number of nitrogens with one attached hydrogen (secondary N) is 1. The monoisotopic (exact) mass is 546 g/mol. The number of benzene rings is 3. The molecule has 0 fully saturated rings. The summed E-state index contributed by atoms with van der Waals surface area (Å²) in [7, 11) is 0. The van der Waals surface area contributed by atoms with Crippen LogP contribution in [0.2, 0.25) is 5.02 Å². The number of carbonyl (C=O) groups is 2. The number of rotatable bonds is 9. The Morgan fingerprint density at radius 1 is 1.13 bits per heavy atom. The molecular weight excluding hydrogens is 512 g/mol. The molecule has 3 aromatic carbocycles. The zero-order chi connectivity index (χ0) is 28.2. The number of halogens is 1. The number of hydrogen-bond donors (Lipinski definition) is 2. The minimum absolute atomic E-state index is 0.0320. The van der Waals surface area contributed by atoms with Crippen LogP contribution in [0.4, 0.5) is 11.4 Å². The van der Waals surface area contributed by atoms with Crippen LogP contribution in [0.1, 0.15) is 57.7 Å². The number of para-hydroxylation sites is 1. The van der Waals surface area contributed by atoms with Crippen LogP contribution in [0.25, 0.3) is 0 Å². The minimum atomic E-state index is -0.562. The summed E-state index contributed by atoms with van der Waals surface area (Å²) in [5, 5.41) is 14.6. The van der Waals surface area contributed by atoms with Gasteiger partial charge in [0, 0.05) is 23.1 Å². The number of carbonyl (C=O) groups excluding carboxylic acids is 2. The van der Waals surface area contributed by atoms with Crippen LogP contribution in [0, 0.1) is 11.3 Å². The number of allylic oxidation sites excluding steroid dienone is 1. The molecule has 1 heterocycles. The van der Waals surface area contributed by atoms with Gasteiger partial charge in [-0.15, -0.1) is 0 Å². The molecule has 1 aliphatic rings. The van der Waals surface area contributed by atoms with Gasteiger partial charge in [0.25, 0.3) is 0 Å². The standard InChI is InChI=1S/C32H35ClN2O4/c1-21(2)31(38)35-27-11-8-12-29(37)30(27)34-23(19-32(3,4)15-16-36)17-28(35)25-14-13-24(18-26(25)33)39-20-22-9-6-5-7-10-22/h5-14,16-18,21,28,34,37H,15,19-20H2,1-4H3/t28-/m1/s1. The Balaban J connectivity index is 1.79. The maximum absolute atomic E-state index is 13.7. The number of phenolic OH excluding ortho intramolecular Hbond substituents is 1. The van der Waals surface area contributed by atoms with E-state index in [0.29, 0.717) is 41.6 Å². The summed E-state index contributed by atoms with van der Waals surface area (Å²) >= 11 is 6.87. The Bertz CT molecular complexity index is 1370. The average Bonchev–Trinajstić information content (AvgIpc) is 3.04. The molecule has 39 heavy (non-hydrogen) atoms. The Morgan fingerprint density at radius 3 is 2.54 bits per heavy atom. The molecule has 4 rings (SSSR count). The third kappa shape index (κ3) is 6.63. The lowest BCUT2D eigenvalue weighted by molar-refractivity contribution is -0.121. The van der Waals surface area contributed by atoms with Gasteiger partial charge in [-0.2, -0.15) is 0 Å². The maximum Gasteiger partial charge on any atom is 0.230 e. The number of hydrogen-bond acceptors (Lipinski definition) is 5. The lowest BCUT2D eigenvalue weighted by Crippen LogP contribution is -2.37. The highest BCUT2D eigenvalue weighted by atomic mass is 35.5. The van der Waals surface area contributed by atoms with Gasteiger partial charge in [-0.05, 0) is 53.3 Å². The van der Waals surface area contributed by atoms with Crippen LogP contribution in [0.15, 0.2) is 78.5 Å². The van der Waals surface area contributed by atoms with Crippen molar-refractivity contribution in [3.05, 3.63) is 94.7 Å². The highest BCUT2D eigenvalue weighted by molar-refractivity contribution is 6.31. The number of aromatic hydroxyl groups is 1. The van der Waals surface area contributed by atoms with E-state index in [4.69, 9.17) is 16.3 Å². The Hall–Kier alpha value is -3.77. The normalized spacial score (nSPS) is 15.2. The Kier molecular flexibility index (Phi) is 8.66. The number of amides is 1. The fraction of sp³-hybridized carbons (Fsp3) is 0.312. The molecule has 2 N–H and O–H groups in total. The molecule has 0 aliphatic carbocycles. The fourth-order valence-electron chi connectivity index (χ4n) is 4.73. The zero-order valence-electron chi connectivity index (χ0n) is 22.8. The largest absolute Gasteiger partial charge is 0.506 e. The third-order valence-corrected chi connectivity index (χ3v) is 7.11. The van der Waals surface area contributed by atoms with E-state index in [1.807, 2.05) is 82.3 Å².